The number of benzene rings is 1. The van der Waals surface area contributed by atoms with E-state index < -0.39 is 11.9 Å². The third kappa shape index (κ3) is 6.55. The second-order valence-electron chi connectivity index (χ2n) is 3.90. The number of halogens is 2. The van der Waals surface area contributed by atoms with E-state index >= 15 is 0 Å². The van der Waals surface area contributed by atoms with Crippen LogP contribution in [-0.4, -0.2) is 38.4 Å². The maximum Gasteiger partial charge on any atom is 0.344 e. The van der Waals surface area contributed by atoms with Gasteiger partial charge in [-0.05, 0) is 71.2 Å². The Balaban J connectivity index is 2.67. The molecule has 0 radical (unpaired) electrons. The summed E-state index contributed by atoms with van der Waals surface area (Å²) in [6.45, 7) is 3.81. The van der Waals surface area contributed by atoms with Gasteiger partial charge >= 0.3 is 11.9 Å². The van der Waals surface area contributed by atoms with Crippen molar-refractivity contribution < 1.29 is 28.5 Å². The minimum atomic E-state index is -0.420. The molecule has 0 spiro atoms. The predicted octanol–water partition coefficient (Wildman–Crippen LogP) is 2.78. The monoisotopic (exact) mass is 534 g/mol. The second-order valence-corrected chi connectivity index (χ2v) is 6.22. The zero-order valence-electron chi connectivity index (χ0n) is 12.2. The van der Waals surface area contributed by atoms with Crippen molar-refractivity contribution >= 4 is 57.1 Å². The first-order valence-electron chi connectivity index (χ1n) is 6.53. The molecular formula is C14H16I2O6. The molecule has 122 valence electrons. The molecule has 1 rings (SSSR count). The topological polar surface area (TPSA) is 71.1 Å². The highest BCUT2D eigenvalue weighted by atomic mass is 127. The Hall–Kier alpha value is -0.780. The molecule has 0 N–H and O–H groups in total. The fraction of sp³-hybridized carbons (Fsp3) is 0.429. The van der Waals surface area contributed by atoms with Gasteiger partial charge in [0.2, 0.25) is 0 Å². The zero-order chi connectivity index (χ0) is 16.5. The normalized spacial score (nSPS) is 10.0. The molecule has 0 aromatic heterocycles. The molecule has 22 heavy (non-hydrogen) atoms. The summed E-state index contributed by atoms with van der Waals surface area (Å²) in [6.07, 6.45) is 0. The molecule has 0 aliphatic heterocycles. The van der Waals surface area contributed by atoms with E-state index in [1.165, 1.54) is 0 Å². The lowest BCUT2D eigenvalue weighted by Crippen LogP contribution is -2.16. The van der Waals surface area contributed by atoms with Gasteiger partial charge in [0.15, 0.2) is 13.2 Å². The highest BCUT2D eigenvalue weighted by Gasteiger charge is 2.12. The lowest BCUT2D eigenvalue weighted by Gasteiger charge is -2.12. The van der Waals surface area contributed by atoms with E-state index in [2.05, 4.69) is 45.2 Å². The smallest absolute Gasteiger partial charge is 0.344 e. The molecule has 8 heteroatoms. The van der Waals surface area contributed by atoms with E-state index in [-0.39, 0.29) is 13.2 Å². The van der Waals surface area contributed by atoms with Crippen LogP contribution in [0.25, 0.3) is 0 Å². The maximum atomic E-state index is 11.3. The van der Waals surface area contributed by atoms with Crippen molar-refractivity contribution in [2.75, 3.05) is 26.4 Å². The molecule has 0 atom stereocenters. The Labute approximate surface area is 156 Å². The number of ether oxygens (including phenoxy) is 4. The molecule has 0 heterocycles. The van der Waals surface area contributed by atoms with Gasteiger partial charge in [-0.15, -0.1) is 0 Å². The summed E-state index contributed by atoms with van der Waals surface area (Å²) in [7, 11) is 0. The van der Waals surface area contributed by atoms with Crippen LogP contribution in [0.4, 0.5) is 0 Å². The first kappa shape index (κ1) is 19.3. The van der Waals surface area contributed by atoms with Gasteiger partial charge in [0, 0.05) is 0 Å². The SMILES string of the molecule is CCOC(=O)COc1cc(I)c(OCC(=O)OCC)cc1I. The Bertz CT molecular complexity index is 485. The number of rotatable bonds is 8. The standard InChI is InChI=1S/C14H16I2O6/c1-3-19-13(17)7-21-11-5-10(16)12(6-9(11)15)22-8-14(18)20-4-2/h5-6H,3-4,7-8H2,1-2H3. The predicted molar refractivity (Wildman–Crippen MR) is 96.1 cm³/mol. The third-order valence-corrected chi connectivity index (χ3v) is 3.97. The van der Waals surface area contributed by atoms with Gasteiger partial charge in [0.1, 0.15) is 11.5 Å². The van der Waals surface area contributed by atoms with Gasteiger partial charge in [0.25, 0.3) is 0 Å². The molecule has 0 amide bonds. The van der Waals surface area contributed by atoms with Gasteiger partial charge in [-0.3, -0.25) is 0 Å². The minimum absolute atomic E-state index is 0.150. The lowest BCUT2D eigenvalue weighted by atomic mass is 10.3. The Morgan fingerprint density at radius 2 is 1.23 bits per heavy atom. The van der Waals surface area contributed by atoms with Gasteiger partial charge in [-0.2, -0.15) is 0 Å². The Kier molecular flexibility index (Phi) is 8.83. The number of carbonyl (C=O) groups is 2. The van der Waals surface area contributed by atoms with Crippen LogP contribution in [-0.2, 0) is 19.1 Å². The number of carbonyl (C=O) groups excluding carboxylic acids is 2. The maximum absolute atomic E-state index is 11.3. The summed E-state index contributed by atoms with van der Waals surface area (Å²) in [5, 5.41) is 0. The molecule has 0 aliphatic rings. The number of hydrogen-bond acceptors (Lipinski definition) is 6. The average Bonchev–Trinajstić information content (AvgIpc) is 2.47. The van der Waals surface area contributed by atoms with Crippen molar-refractivity contribution in [1.82, 2.24) is 0 Å². The van der Waals surface area contributed by atoms with Crippen LogP contribution in [0.15, 0.2) is 12.1 Å². The highest BCUT2D eigenvalue weighted by Crippen LogP contribution is 2.31. The van der Waals surface area contributed by atoms with E-state index in [1.807, 2.05) is 0 Å². The summed E-state index contributed by atoms with van der Waals surface area (Å²) < 4.78 is 22.0. The van der Waals surface area contributed by atoms with Crippen molar-refractivity contribution in [2.24, 2.45) is 0 Å². The quantitative estimate of drug-likeness (QED) is 0.378. The fourth-order valence-corrected chi connectivity index (χ4v) is 2.60. The van der Waals surface area contributed by atoms with Crippen molar-refractivity contribution in [1.29, 1.82) is 0 Å². The van der Waals surface area contributed by atoms with Crippen LogP contribution in [0.3, 0.4) is 0 Å². The van der Waals surface area contributed by atoms with Gasteiger partial charge < -0.3 is 18.9 Å². The summed E-state index contributed by atoms with van der Waals surface area (Å²) in [4.78, 5) is 22.6. The van der Waals surface area contributed by atoms with E-state index in [1.54, 1.807) is 26.0 Å². The first-order chi connectivity index (χ1) is 10.5. The Morgan fingerprint density at radius 1 is 0.864 bits per heavy atom. The molecule has 0 aliphatic carbocycles. The van der Waals surface area contributed by atoms with Crippen molar-refractivity contribution in [2.45, 2.75) is 13.8 Å². The van der Waals surface area contributed by atoms with Gasteiger partial charge in [-0.25, -0.2) is 9.59 Å². The van der Waals surface area contributed by atoms with Crippen LogP contribution in [0.2, 0.25) is 0 Å². The van der Waals surface area contributed by atoms with Crippen molar-refractivity contribution in [3.05, 3.63) is 19.3 Å². The largest absolute Gasteiger partial charge is 0.481 e. The van der Waals surface area contributed by atoms with Crippen LogP contribution in [0.5, 0.6) is 11.5 Å². The molecule has 0 bridgehead atoms. The summed E-state index contributed by atoms with van der Waals surface area (Å²) >= 11 is 4.14. The fourth-order valence-electron chi connectivity index (χ4n) is 1.41. The average molecular weight is 534 g/mol. The van der Waals surface area contributed by atoms with Crippen LogP contribution in [0, 0.1) is 7.14 Å². The highest BCUT2D eigenvalue weighted by molar-refractivity contribution is 14.1. The molecule has 6 nitrogen and oxygen atoms in total. The number of hydrogen-bond donors (Lipinski definition) is 0. The minimum Gasteiger partial charge on any atom is -0.481 e. The summed E-state index contributed by atoms with van der Waals surface area (Å²) in [6, 6.07) is 3.48. The van der Waals surface area contributed by atoms with Crippen molar-refractivity contribution in [3.8, 4) is 11.5 Å². The van der Waals surface area contributed by atoms with E-state index in [9.17, 15) is 9.59 Å². The zero-order valence-corrected chi connectivity index (χ0v) is 16.5. The number of esters is 2. The molecular weight excluding hydrogens is 518 g/mol. The van der Waals surface area contributed by atoms with E-state index in [4.69, 9.17) is 18.9 Å². The molecule has 0 saturated heterocycles. The summed E-state index contributed by atoms with van der Waals surface area (Å²) in [5.41, 5.74) is 0. The van der Waals surface area contributed by atoms with Crippen LogP contribution >= 0.6 is 45.2 Å². The second kappa shape index (κ2) is 10.1. The Morgan fingerprint density at radius 3 is 1.55 bits per heavy atom. The third-order valence-electron chi connectivity index (χ3n) is 2.29. The van der Waals surface area contributed by atoms with Gasteiger partial charge in [0.05, 0.1) is 20.4 Å². The molecule has 1 aromatic carbocycles. The van der Waals surface area contributed by atoms with E-state index in [0.717, 1.165) is 7.14 Å². The molecule has 0 unspecified atom stereocenters. The first-order valence-corrected chi connectivity index (χ1v) is 8.69. The molecule has 0 fully saturated rings. The van der Waals surface area contributed by atoms with Gasteiger partial charge in [-0.1, -0.05) is 0 Å². The van der Waals surface area contributed by atoms with E-state index in [0.29, 0.717) is 24.7 Å². The lowest BCUT2D eigenvalue weighted by molar-refractivity contribution is -0.146. The van der Waals surface area contributed by atoms with Crippen LogP contribution in [0.1, 0.15) is 13.8 Å². The van der Waals surface area contributed by atoms with Crippen LogP contribution < -0.4 is 9.47 Å². The molecule has 1 aromatic rings. The van der Waals surface area contributed by atoms with Crippen molar-refractivity contribution in [3.63, 3.8) is 0 Å². The summed E-state index contributed by atoms with van der Waals surface area (Å²) in [5.74, 6) is 0.273. The molecule has 0 saturated carbocycles.